The zero-order chi connectivity index (χ0) is 30.5. The smallest absolute Gasteiger partial charge is 0.166 e. The van der Waals surface area contributed by atoms with E-state index in [4.69, 9.17) is 14.5 Å². The number of rotatable bonds is 6. The molecule has 0 saturated heterocycles. The van der Waals surface area contributed by atoms with E-state index in [0.29, 0.717) is 0 Å². The van der Waals surface area contributed by atoms with Gasteiger partial charge in [0.05, 0.1) is 37.0 Å². The van der Waals surface area contributed by atoms with E-state index in [1.165, 1.54) is 27.8 Å². The van der Waals surface area contributed by atoms with Gasteiger partial charge in [0.25, 0.3) is 0 Å². The maximum atomic E-state index is 15.4. The highest BCUT2D eigenvalue weighted by Crippen LogP contribution is 2.47. The van der Waals surface area contributed by atoms with Gasteiger partial charge in [0.1, 0.15) is 11.5 Å². The average molecular weight is 593 g/mol. The molecule has 0 fully saturated rings. The van der Waals surface area contributed by atoms with Crippen molar-refractivity contribution in [2.45, 2.75) is 32.5 Å². The second-order valence-corrected chi connectivity index (χ2v) is 11.7. The number of halogens is 1. The third-order valence-electron chi connectivity index (χ3n) is 9.46. The molecule has 0 N–H and O–H groups in total. The van der Waals surface area contributed by atoms with Crippen LogP contribution in [0.5, 0.6) is 11.5 Å². The summed E-state index contributed by atoms with van der Waals surface area (Å²) in [4.78, 5) is 5.35. The molecule has 5 heteroatoms. The van der Waals surface area contributed by atoms with Gasteiger partial charge in [-0.1, -0.05) is 72.8 Å². The van der Waals surface area contributed by atoms with Crippen molar-refractivity contribution in [3.63, 3.8) is 0 Å². The Kier molecular flexibility index (Phi) is 6.75. The molecular formula is C40H33FN2O2. The Bertz CT molecular complexity index is 2050. The molecule has 0 radical (unpaired) electrons. The highest BCUT2D eigenvalue weighted by Gasteiger charge is 2.33. The molecule has 45 heavy (non-hydrogen) atoms. The van der Waals surface area contributed by atoms with Gasteiger partial charge in [-0.3, -0.25) is 0 Å². The van der Waals surface area contributed by atoms with E-state index in [-0.39, 0.29) is 0 Å². The number of hydrogen-bond donors (Lipinski definition) is 0. The van der Waals surface area contributed by atoms with Crippen LogP contribution >= 0.6 is 0 Å². The van der Waals surface area contributed by atoms with Crippen LogP contribution in [0.25, 0.3) is 34.0 Å². The van der Waals surface area contributed by atoms with Crippen molar-refractivity contribution in [1.82, 2.24) is 4.57 Å². The first-order valence-electron chi connectivity index (χ1n) is 15.5. The van der Waals surface area contributed by atoms with Gasteiger partial charge < -0.3 is 14.0 Å². The van der Waals surface area contributed by atoms with Gasteiger partial charge >= 0.3 is 0 Å². The molecule has 0 atom stereocenters. The topological polar surface area (TPSA) is 35.8 Å². The van der Waals surface area contributed by atoms with Crippen LogP contribution in [0.2, 0.25) is 0 Å². The molecule has 1 aliphatic heterocycles. The van der Waals surface area contributed by atoms with Crippen LogP contribution in [0.15, 0.2) is 113 Å². The lowest BCUT2D eigenvalue weighted by Crippen LogP contribution is -2.13. The number of nitrogens with zero attached hydrogens (tertiary/aromatic N) is 2. The molecule has 4 aromatic carbocycles. The maximum absolute atomic E-state index is 15.4. The fourth-order valence-electron chi connectivity index (χ4n) is 7.35. The van der Waals surface area contributed by atoms with Gasteiger partial charge in [0, 0.05) is 22.3 Å². The van der Waals surface area contributed by atoms with Crippen LogP contribution in [0, 0.1) is 0 Å². The van der Waals surface area contributed by atoms with Crippen molar-refractivity contribution in [2.24, 2.45) is 4.99 Å². The molecule has 1 aromatic heterocycles. The number of methoxy groups -OCH3 is 2. The largest absolute Gasteiger partial charge is 0.497 e. The monoisotopic (exact) mass is 592 g/mol. The molecule has 0 amide bonds. The lowest BCUT2D eigenvalue weighted by molar-refractivity contribution is 0.379. The van der Waals surface area contributed by atoms with Crippen molar-refractivity contribution in [3.8, 4) is 33.9 Å². The Morgan fingerprint density at radius 3 is 1.98 bits per heavy atom. The van der Waals surface area contributed by atoms with Gasteiger partial charge in [-0.25, -0.2) is 9.38 Å². The average Bonchev–Trinajstić information content (AvgIpc) is 3.63. The molecule has 222 valence electrons. The second kappa shape index (κ2) is 11.1. The summed E-state index contributed by atoms with van der Waals surface area (Å²) in [6.07, 6.45) is 5.74. The molecule has 2 heterocycles. The third kappa shape index (κ3) is 4.45. The van der Waals surface area contributed by atoms with Gasteiger partial charge in [0.2, 0.25) is 0 Å². The summed E-state index contributed by atoms with van der Waals surface area (Å²) in [5.41, 5.74) is 15.2. The Balaban J connectivity index is 1.40. The third-order valence-corrected chi connectivity index (χ3v) is 9.46. The first kappa shape index (κ1) is 27.4. The summed E-state index contributed by atoms with van der Waals surface area (Å²) < 4.78 is 28.3. The highest BCUT2D eigenvalue weighted by atomic mass is 19.1. The van der Waals surface area contributed by atoms with Crippen molar-refractivity contribution in [3.05, 3.63) is 142 Å². The quantitative estimate of drug-likeness (QED) is 0.197. The van der Waals surface area contributed by atoms with E-state index in [9.17, 15) is 0 Å². The van der Waals surface area contributed by atoms with Crippen LogP contribution in [0.3, 0.4) is 0 Å². The SMILES string of the molecule is COc1ccc(C2=C3CCc4ccccc4C3=N/C2=C\c2c(-c3ccc(OC)cc3)c3c(n2CF)-c2ccccc2CC3)cc1. The zero-order valence-corrected chi connectivity index (χ0v) is 25.4. The summed E-state index contributed by atoms with van der Waals surface area (Å²) in [6.45, 7) is -0.639. The number of benzene rings is 4. The molecule has 0 saturated carbocycles. The zero-order valence-electron chi connectivity index (χ0n) is 25.4. The fraction of sp³-hybridized carbons (Fsp3) is 0.175. The fourth-order valence-corrected chi connectivity index (χ4v) is 7.35. The maximum Gasteiger partial charge on any atom is 0.166 e. The van der Waals surface area contributed by atoms with Crippen molar-refractivity contribution in [2.75, 3.05) is 14.2 Å². The van der Waals surface area contributed by atoms with Gasteiger partial charge in [0.15, 0.2) is 6.80 Å². The van der Waals surface area contributed by atoms with E-state index in [2.05, 4.69) is 72.8 Å². The minimum Gasteiger partial charge on any atom is -0.497 e. The lowest BCUT2D eigenvalue weighted by Gasteiger charge is -2.19. The van der Waals surface area contributed by atoms with Gasteiger partial charge in [-0.05, 0) is 89.4 Å². The standard InChI is InChI=1S/C40H33FN2O2/c1-44-29-17-11-27(12-18-29)37-33-21-15-25-7-3-5-9-31(25)39(33)42-35(37)23-36-38(28-13-19-30(45-2)20-14-28)34-22-16-26-8-4-6-10-32(26)40(34)43(36)24-41/h3-14,17-20,23H,15-16,21-22,24H2,1-2H3/b35-23-. The van der Waals surface area contributed by atoms with Crippen molar-refractivity contribution in [1.29, 1.82) is 0 Å². The number of aromatic nitrogens is 1. The van der Waals surface area contributed by atoms with Gasteiger partial charge in [-0.2, -0.15) is 0 Å². The van der Waals surface area contributed by atoms with Crippen LogP contribution in [0.4, 0.5) is 4.39 Å². The number of alkyl halides is 1. The van der Waals surface area contributed by atoms with E-state index in [1.54, 1.807) is 14.2 Å². The minimum absolute atomic E-state index is 0.639. The Labute approximate surface area is 262 Å². The summed E-state index contributed by atoms with van der Waals surface area (Å²) in [5, 5.41) is 0. The lowest BCUT2D eigenvalue weighted by atomic mass is 9.83. The van der Waals surface area contributed by atoms with E-state index < -0.39 is 6.80 Å². The number of fused-ring (bicyclic) bond motifs is 6. The predicted octanol–water partition coefficient (Wildman–Crippen LogP) is 9.11. The Hall–Kier alpha value is -5.16. The Morgan fingerprint density at radius 1 is 0.711 bits per heavy atom. The van der Waals surface area contributed by atoms with Crippen LogP contribution in [0.1, 0.15) is 39.9 Å². The van der Waals surface area contributed by atoms with Crippen LogP contribution < -0.4 is 9.47 Å². The first-order chi connectivity index (χ1) is 22.2. The Morgan fingerprint density at radius 2 is 1.31 bits per heavy atom. The second-order valence-electron chi connectivity index (χ2n) is 11.7. The van der Waals surface area contributed by atoms with Crippen LogP contribution in [-0.4, -0.2) is 24.5 Å². The molecule has 2 aliphatic carbocycles. The van der Waals surface area contributed by atoms with E-state index in [0.717, 1.165) is 87.8 Å². The van der Waals surface area contributed by atoms with E-state index in [1.807, 2.05) is 34.9 Å². The molecule has 8 rings (SSSR count). The molecule has 0 spiro atoms. The normalized spacial score (nSPS) is 15.7. The molecular weight excluding hydrogens is 559 g/mol. The van der Waals surface area contributed by atoms with Crippen molar-refractivity contribution < 1.29 is 13.9 Å². The number of hydrogen-bond acceptors (Lipinski definition) is 3. The summed E-state index contributed by atoms with van der Waals surface area (Å²) in [5.74, 6) is 1.60. The van der Waals surface area contributed by atoms with Crippen LogP contribution in [-0.2, 0) is 26.1 Å². The molecule has 0 unspecified atom stereocenters. The minimum atomic E-state index is -0.639. The summed E-state index contributed by atoms with van der Waals surface area (Å²) >= 11 is 0. The number of aryl methyl sites for hydroxylation is 2. The molecule has 4 nitrogen and oxygen atoms in total. The van der Waals surface area contributed by atoms with E-state index >= 15 is 4.39 Å². The molecule has 3 aliphatic rings. The first-order valence-corrected chi connectivity index (χ1v) is 15.5. The highest BCUT2D eigenvalue weighted by molar-refractivity contribution is 6.24. The molecule has 0 bridgehead atoms. The number of ether oxygens (including phenoxy) is 2. The number of allylic oxidation sites excluding steroid dienone is 2. The molecule has 5 aromatic rings. The summed E-state index contributed by atoms with van der Waals surface area (Å²) in [7, 11) is 3.36. The number of aliphatic imine (C=N–C) groups is 1. The van der Waals surface area contributed by atoms with Gasteiger partial charge in [-0.15, -0.1) is 0 Å². The van der Waals surface area contributed by atoms with Crippen molar-refractivity contribution >= 4 is 17.4 Å². The predicted molar refractivity (Wildman–Crippen MR) is 180 cm³/mol. The summed E-state index contributed by atoms with van der Waals surface area (Å²) in [6, 6.07) is 33.3.